The van der Waals surface area contributed by atoms with Gasteiger partial charge in [0.1, 0.15) is 5.52 Å². The molecule has 3 heterocycles. The summed E-state index contributed by atoms with van der Waals surface area (Å²) < 4.78 is 6.84. The molecule has 0 unspecified atom stereocenters. The van der Waals surface area contributed by atoms with Gasteiger partial charge in [0, 0.05) is 10.3 Å². The molecule has 3 aromatic heterocycles. The number of allylic oxidation sites excluding steroid dienone is 1. The maximum Gasteiger partial charge on any atom is 0.340 e. The number of thiophene rings is 1. The second-order valence-electron chi connectivity index (χ2n) is 11.0. The zero-order valence-electron chi connectivity index (χ0n) is 22.0. The second-order valence-corrected chi connectivity index (χ2v) is 11.9. The van der Waals surface area contributed by atoms with Crippen LogP contribution in [0.15, 0.2) is 70.8 Å². The Kier molecular flexibility index (Phi) is 6.35. The van der Waals surface area contributed by atoms with Gasteiger partial charge in [-0.1, -0.05) is 62.4 Å². The number of nitrogens with zero attached hydrogens (tertiary/aromatic N) is 4. The number of carbonyl (C=O) groups excluding carboxylic acids is 1. The monoisotopic (exact) mass is 536 g/mol. The smallest absolute Gasteiger partial charge is 0.340 e. The third kappa shape index (κ3) is 4.76. The average Bonchev–Trinajstić information content (AvgIpc) is 3.44. The van der Waals surface area contributed by atoms with E-state index < -0.39 is 5.97 Å². The Bertz CT molecular complexity index is 1800. The molecule has 2 aromatic carbocycles. The Balaban J connectivity index is 1.45. The van der Waals surface area contributed by atoms with Crippen molar-refractivity contribution in [1.82, 2.24) is 20.0 Å². The van der Waals surface area contributed by atoms with Crippen molar-refractivity contribution in [2.24, 2.45) is 11.3 Å². The summed E-state index contributed by atoms with van der Waals surface area (Å²) >= 11 is 1.68. The van der Waals surface area contributed by atoms with Gasteiger partial charge in [-0.25, -0.2) is 9.78 Å². The van der Waals surface area contributed by atoms with Gasteiger partial charge in [-0.3, -0.25) is 4.79 Å². The Morgan fingerprint density at radius 1 is 1.03 bits per heavy atom. The minimum Gasteiger partial charge on any atom is -0.439 e. The summed E-state index contributed by atoms with van der Waals surface area (Å²) in [6, 6.07) is 18.8. The van der Waals surface area contributed by atoms with Crippen LogP contribution in [0.5, 0.6) is 0 Å². The summed E-state index contributed by atoms with van der Waals surface area (Å²) in [5.41, 5.74) is 4.26. The molecule has 0 aliphatic heterocycles. The lowest BCUT2D eigenvalue weighted by Crippen LogP contribution is -2.29. The van der Waals surface area contributed by atoms with E-state index in [4.69, 9.17) is 9.72 Å². The highest BCUT2D eigenvalue weighted by molar-refractivity contribution is 7.10. The van der Waals surface area contributed by atoms with Gasteiger partial charge in [0.15, 0.2) is 6.73 Å². The van der Waals surface area contributed by atoms with Gasteiger partial charge < -0.3 is 4.74 Å². The summed E-state index contributed by atoms with van der Waals surface area (Å²) in [7, 11) is 0. The summed E-state index contributed by atoms with van der Waals surface area (Å²) in [4.78, 5) is 33.0. The number of para-hydroxylation sites is 1. The minimum atomic E-state index is -0.503. The number of fused-ring (bicyclic) bond motifs is 3. The van der Waals surface area contributed by atoms with Crippen molar-refractivity contribution in [3.63, 3.8) is 0 Å². The highest BCUT2D eigenvalue weighted by Gasteiger charge is 2.35. The average molecular weight is 537 g/mol. The van der Waals surface area contributed by atoms with Crippen LogP contribution >= 0.6 is 11.3 Å². The van der Waals surface area contributed by atoms with Crippen LogP contribution < -0.4 is 5.56 Å². The van der Waals surface area contributed by atoms with E-state index in [1.165, 1.54) is 0 Å². The van der Waals surface area contributed by atoms with E-state index in [9.17, 15) is 9.59 Å². The van der Waals surface area contributed by atoms with E-state index in [2.05, 4.69) is 48.6 Å². The third-order valence-electron chi connectivity index (χ3n) is 7.45. The first-order chi connectivity index (χ1) is 18.8. The van der Waals surface area contributed by atoms with E-state index in [-0.39, 0.29) is 17.7 Å². The molecule has 7 nitrogen and oxygen atoms in total. The fourth-order valence-corrected chi connectivity index (χ4v) is 5.90. The molecule has 0 radical (unpaired) electrons. The number of ether oxygens (including phenoxy) is 1. The molecule has 1 aliphatic carbocycles. The first kappa shape index (κ1) is 25.1. The lowest BCUT2D eigenvalue weighted by molar-refractivity contribution is 0.0336. The van der Waals surface area contributed by atoms with Crippen molar-refractivity contribution in [3.05, 3.63) is 98.1 Å². The highest BCUT2D eigenvalue weighted by atomic mass is 32.1. The maximum atomic E-state index is 13.8. The molecule has 0 saturated heterocycles. The van der Waals surface area contributed by atoms with Crippen LogP contribution in [0.2, 0.25) is 0 Å². The molecule has 1 atom stereocenters. The Morgan fingerprint density at radius 2 is 1.77 bits per heavy atom. The largest absolute Gasteiger partial charge is 0.439 e. The first-order valence-corrected chi connectivity index (χ1v) is 13.8. The highest BCUT2D eigenvalue weighted by Crippen LogP contribution is 2.45. The SMILES string of the molecule is CC(C)(C)[C@@H]1C/C(=C/c2cccs2)c2nc3ccccc3c(C(=O)OCn3nnc4ccccc4c3=O)c2C1. The molecular formula is C31H28N4O3S. The van der Waals surface area contributed by atoms with Gasteiger partial charge in [-0.15, -0.1) is 16.4 Å². The van der Waals surface area contributed by atoms with Crippen LogP contribution in [0.1, 0.15) is 53.7 Å². The van der Waals surface area contributed by atoms with Gasteiger partial charge in [0.05, 0.1) is 22.2 Å². The fourth-order valence-electron chi connectivity index (χ4n) is 5.21. The van der Waals surface area contributed by atoms with E-state index in [1.807, 2.05) is 30.3 Å². The number of benzene rings is 2. The van der Waals surface area contributed by atoms with Gasteiger partial charge >= 0.3 is 5.97 Å². The van der Waals surface area contributed by atoms with Gasteiger partial charge in [-0.05, 0) is 71.0 Å². The van der Waals surface area contributed by atoms with Crippen LogP contribution in [0, 0.1) is 11.3 Å². The van der Waals surface area contributed by atoms with Crippen LogP contribution in [-0.4, -0.2) is 25.9 Å². The molecular weight excluding hydrogens is 508 g/mol. The van der Waals surface area contributed by atoms with E-state index >= 15 is 0 Å². The number of hydrogen-bond acceptors (Lipinski definition) is 7. The van der Waals surface area contributed by atoms with Gasteiger partial charge in [0.25, 0.3) is 5.56 Å². The fraction of sp³-hybridized carbons (Fsp3) is 0.258. The zero-order valence-corrected chi connectivity index (χ0v) is 22.9. The van der Waals surface area contributed by atoms with Crippen LogP contribution in [0.25, 0.3) is 33.5 Å². The number of rotatable bonds is 4. The van der Waals surface area contributed by atoms with Crippen molar-refractivity contribution in [1.29, 1.82) is 0 Å². The first-order valence-electron chi connectivity index (χ1n) is 13.0. The van der Waals surface area contributed by atoms with Crippen molar-refractivity contribution < 1.29 is 9.53 Å². The molecule has 5 aromatic rings. The molecule has 8 heteroatoms. The number of carbonyl (C=O) groups is 1. The zero-order chi connectivity index (χ0) is 27.1. The van der Waals surface area contributed by atoms with Gasteiger partial charge in [0.2, 0.25) is 0 Å². The summed E-state index contributed by atoms with van der Waals surface area (Å²) in [6.07, 6.45) is 3.78. The topological polar surface area (TPSA) is 87.0 Å². The minimum absolute atomic E-state index is 0.0209. The molecule has 0 fully saturated rings. The maximum absolute atomic E-state index is 13.8. The molecule has 39 heavy (non-hydrogen) atoms. The van der Waals surface area contributed by atoms with Gasteiger partial charge in [-0.2, -0.15) is 4.68 Å². The van der Waals surface area contributed by atoms with Crippen molar-refractivity contribution in [3.8, 4) is 0 Å². The van der Waals surface area contributed by atoms with Crippen molar-refractivity contribution in [2.45, 2.75) is 40.3 Å². The number of aromatic nitrogens is 4. The van der Waals surface area contributed by atoms with Crippen molar-refractivity contribution in [2.75, 3.05) is 0 Å². The van der Waals surface area contributed by atoms with Crippen molar-refractivity contribution >= 4 is 50.8 Å². The number of hydrogen-bond donors (Lipinski definition) is 0. The molecule has 0 bridgehead atoms. The summed E-state index contributed by atoms with van der Waals surface area (Å²) in [6.45, 7) is 6.38. The Morgan fingerprint density at radius 3 is 2.51 bits per heavy atom. The molecule has 6 rings (SSSR count). The quantitative estimate of drug-likeness (QED) is 0.248. The molecule has 196 valence electrons. The second kappa shape index (κ2) is 9.85. The van der Waals surface area contributed by atoms with E-state index in [1.54, 1.807) is 35.6 Å². The van der Waals surface area contributed by atoms with E-state index in [0.717, 1.165) is 43.7 Å². The van der Waals surface area contributed by atoms with Crippen LogP contribution in [-0.2, 0) is 17.9 Å². The standard InChI is InChI=1S/C31H28N4O3S/c1-31(2,3)20-15-19(16-21-9-8-14-39-21)28-24(17-20)27(22-10-4-6-12-25(22)32-28)30(37)38-18-35-29(36)23-11-5-7-13-26(23)33-34-35/h4-14,16,20H,15,17-18H2,1-3H3/b19-16-/t20-/m1/s1. The molecule has 0 N–H and O–H groups in total. The molecule has 1 aliphatic rings. The molecule has 0 saturated carbocycles. The predicted molar refractivity (Wildman–Crippen MR) is 154 cm³/mol. The normalized spacial score (nSPS) is 16.5. The predicted octanol–water partition coefficient (Wildman–Crippen LogP) is 6.36. The number of pyridine rings is 1. The Hall–Kier alpha value is -4.17. The molecule has 0 amide bonds. The van der Waals surface area contributed by atoms with Crippen LogP contribution in [0.4, 0.5) is 0 Å². The number of esters is 1. The third-order valence-corrected chi connectivity index (χ3v) is 8.27. The van der Waals surface area contributed by atoms with E-state index in [0.29, 0.717) is 28.8 Å². The van der Waals surface area contributed by atoms with Crippen LogP contribution in [0.3, 0.4) is 0 Å². The molecule has 0 spiro atoms. The Labute approximate surface area is 229 Å². The summed E-state index contributed by atoms with van der Waals surface area (Å²) in [5, 5.41) is 11.3. The lowest BCUT2D eigenvalue weighted by atomic mass is 9.69. The summed E-state index contributed by atoms with van der Waals surface area (Å²) in [5.74, 6) is -0.198. The lowest BCUT2D eigenvalue weighted by Gasteiger charge is -2.36.